The van der Waals surface area contributed by atoms with Crippen LogP contribution in [0.1, 0.15) is 24.1 Å². The molecule has 0 bridgehead atoms. The number of carbonyl (C=O) groups excluding carboxylic acids is 1. The molecule has 0 unspecified atom stereocenters. The molecular weight excluding hydrogens is 292 g/mol. The van der Waals surface area contributed by atoms with Gasteiger partial charge in [0.2, 0.25) is 0 Å². The Morgan fingerprint density at radius 2 is 1.59 bits per heavy atom. The maximum Gasteiger partial charge on any atom is 0.171 e. The smallest absolute Gasteiger partial charge is 0.171 e. The van der Waals surface area contributed by atoms with Crippen molar-refractivity contribution in [3.05, 3.63) is 77.4 Å². The summed E-state index contributed by atoms with van der Waals surface area (Å²) in [5.74, 6) is 0.0233. The summed E-state index contributed by atoms with van der Waals surface area (Å²) in [4.78, 5) is 12.3. The summed E-state index contributed by atoms with van der Waals surface area (Å²) >= 11 is 5.33. The average Bonchev–Trinajstić information content (AvgIpc) is 2.55. The zero-order valence-corrected chi connectivity index (χ0v) is 13.0. The minimum atomic E-state index is -0.234. The molecule has 0 aliphatic carbocycles. The second kappa shape index (κ2) is 6.12. The number of rotatable bonds is 3. The first-order chi connectivity index (χ1) is 10.7. The third-order valence-electron chi connectivity index (χ3n) is 3.65. The lowest BCUT2D eigenvalue weighted by atomic mass is 9.90. The van der Waals surface area contributed by atoms with Crippen LogP contribution in [0.4, 0.5) is 0 Å². The number of nitrogens with one attached hydrogen (secondary N) is 2. The second-order valence-electron chi connectivity index (χ2n) is 5.15. The van der Waals surface area contributed by atoms with E-state index in [4.69, 9.17) is 12.2 Å². The van der Waals surface area contributed by atoms with E-state index in [2.05, 4.69) is 10.6 Å². The summed E-state index contributed by atoms with van der Waals surface area (Å²) in [7, 11) is 0. The van der Waals surface area contributed by atoms with Crippen molar-refractivity contribution >= 4 is 28.8 Å². The van der Waals surface area contributed by atoms with Gasteiger partial charge in [0.05, 0.1) is 11.7 Å². The third kappa shape index (κ3) is 2.78. The van der Waals surface area contributed by atoms with Crippen LogP contribution in [0, 0.1) is 0 Å². The number of hydrogen-bond donors (Lipinski definition) is 2. The molecule has 1 aliphatic heterocycles. The summed E-state index contributed by atoms with van der Waals surface area (Å²) in [5.41, 5.74) is 3.46. The Morgan fingerprint density at radius 3 is 2.18 bits per heavy atom. The molecule has 0 radical (unpaired) electrons. The predicted octanol–water partition coefficient (Wildman–Crippen LogP) is 3.21. The Balaban J connectivity index is 2.18. The van der Waals surface area contributed by atoms with E-state index in [-0.39, 0.29) is 11.8 Å². The Kier molecular flexibility index (Phi) is 4.02. The molecule has 0 aromatic heterocycles. The monoisotopic (exact) mass is 308 g/mol. The topological polar surface area (TPSA) is 41.1 Å². The van der Waals surface area contributed by atoms with Gasteiger partial charge in [0.15, 0.2) is 10.9 Å². The van der Waals surface area contributed by atoms with Crippen molar-refractivity contribution in [2.75, 3.05) is 0 Å². The molecule has 0 spiro atoms. The summed E-state index contributed by atoms with van der Waals surface area (Å²) in [6, 6.07) is 19.4. The van der Waals surface area contributed by atoms with Crippen LogP contribution in [0.15, 0.2) is 66.2 Å². The van der Waals surface area contributed by atoms with Crippen LogP contribution in [0.25, 0.3) is 5.70 Å². The highest BCUT2D eigenvalue weighted by atomic mass is 32.1. The van der Waals surface area contributed by atoms with Crippen molar-refractivity contribution in [2.45, 2.75) is 13.0 Å². The Morgan fingerprint density at radius 1 is 1.00 bits per heavy atom. The SMILES string of the molecule is CC(=O)C1=C(c2ccccc2)NC(=S)N[C@@H]1c1ccccc1. The zero-order chi connectivity index (χ0) is 15.5. The van der Waals surface area contributed by atoms with E-state index in [1.165, 1.54) is 0 Å². The molecule has 3 rings (SSSR count). The zero-order valence-electron chi connectivity index (χ0n) is 12.2. The summed E-state index contributed by atoms with van der Waals surface area (Å²) in [5, 5.41) is 6.87. The van der Waals surface area contributed by atoms with E-state index >= 15 is 0 Å². The number of ketones is 1. The molecule has 1 atom stereocenters. The fourth-order valence-electron chi connectivity index (χ4n) is 2.67. The van der Waals surface area contributed by atoms with Crippen LogP contribution in [-0.4, -0.2) is 10.9 Å². The average molecular weight is 308 g/mol. The molecule has 4 heteroatoms. The van der Waals surface area contributed by atoms with Crippen molar-refractivity contribution in [2.24, 2.45) is 0 Å². The highest BCUT2D eigenvalue weighted by Crippen LogP contribution is 2.31. The predicted molar refractivity (Wildman–Crippen MR) is 92.1 cm³/mol. The molecule has 110 valence electrons. The minimum Gasteiger partial charge on any atom is -0.351 e. The Labute approximate surface area is 135 Å². The summed E-state index contributed by atoms with van der Waals surface area (Å²) in [6.45, 7) is 1.59. The lowest BCUT2D eigenvalue weighted by molar-refractivity contribution is -0.113. The van der Waals surface area contributed by atoms with Gasteiger partial charge >= 0.3 is 0 Å². The Bertz CT molecular complexity index is 738. The van der Waals surface area contributed by atoms with E-state index < -0.39 is 0 Å². The molecular formula is C18H16N2OS. The molecule has 2 aromatic carbocycles. The van der Waals surface area contributed by atoms with Gasteiger partial charge in [-0.05, 0) is 30.3 Å². The lowest BCUT2D eigenvalue weighted by Crippen LogP contribution is -2.44. The second-order valence-corrected chi connectivity index (χ2v) is 5.56. The van der Waals surface area contributed by atoms with E-state index in [0.29, 0.717) is 10.7 Å². The van der Waals surface area contributed by atoms with Crippen molar-refractivity contribution < 1.29 is 4.79 Å². The Hall–Kier alpha value is -2.46. The third-order valence-corrected chi connectivity index (χ3v) is 3.87. The van der Waals surface area contributed by atoms with Gasteiger partial charge in [-0.2, -0.15) is 0 Å². The molecule has 0 saturated heterocycles. The maximum atomic E-state index is 12.3. The standard InChI is InChI=1S/C18H16N2OS/c1-12(21)15-16(13-8-4-2-5-9-13)19-18(22)20-17(15)14-10-6-3-7-11-14/h2-11,16H,1H3,(H2,19,20,22)/t16-/m1/s1. The van der Waals surface area contributed by atoms with Gasteiger partial charge in [-0.3, -0.25) is 4.79 Å². The lowest BCUT2D eigenvalue weighted by Gasteiger charge is -2.31. The van der Waals surface area contributed by atoms with Gasteiger partial charge in [0.25, 0.3) is 0 Å². The fraction of sp³-hybridized carbons (Fsp3) is 0.111. The van der Waals surface area contributed by atoms with Crippen LogP contribution in [-0.2, 0) is 4.79 Å². The first-order valence-electron chi connectivity index (χ1n) is 7.10. The van der Waals surface area contributed by atoms with Crippen molar-refractivity contribution in [1.82, 2.24) is 10.6 Å². The first-order valence-corrected chi connectivity index (χ1v) is 7.50. The molecule has 0 fully saturated rings. The number of carbonyl (C=O) groups is 1. The quantitative estimate of drug-likeness (QED) is 0.854. The van der Waals surface area contributed by atoms with Crippen LogP contribution in [0.3, 0.4) is 0 Å². The minimum absolute atomic E-state index is 0.0233. The maximum absolute atomic E-state index is 12.3. The normalized spacial score (nSPS) is 17.7. The van der Waals surface area contributed by atoms with Crippen LogP contribution in [0.5, 0.6) is 0 Å². The van der Waals surface area contributed by atoms with Gasteiger partial charge < -0.3 is 10.6 Å². The molecule has 0 saturated carbocycles. The van der Waals surface area contributed by atoms with Gasteiger partial charge in [0.1, 0.15) is 0 Å². The van der Waals surface area contributed by atoms with Gasteiger partial charge in [0, 0.05) is 5.57 Å². The number of Topliss-reactive ketones (excluding diaryl/α,β-unsaturated/α-hetero) is 1. The van der Waals surface area contributed by atoms with Crippen LogP contribution >= 0.6 is 12.2 Å². The molecule has 22 heavy (non-hydrogen) atoms. The van der Waals surface area contributed by atoms with Crippen LogP contribution < -0.4 is 10.6 Å². The molecule has 2 N–H and O–H groups in total. The largest absolute Gasteiger partial charge is 0.351 e. The number of thiocarbonyl (C=S) groups is 1. The van der Waals surface area contributed by atoms with Crippen LogP contribution in [0.2, 0.25) is 0 Å². The van der Waals surface area contributed by atoms with E-state index in [0.717, 1.165) is 16.8 Å². The molecule has 1 heterocycles. The highest BCUT2D eigenvalue weighted by molar-refractivity contribution is 7.80. The van der Waals surface area contributed by atoms with E-state index in [1.807, 2.05) is 60.7 Å². The first kappa shape index (κ1) is 14.5. The number of hydrogen-bond acceptors (Lipinski definition) is 2. The number of benzene rings is 2. The van der Waals surface area contributed by atoms with Gasteiger partial charge in [-0.25, -0.2) is 0 Å². The van der Waals surface area contributed by atoms with E-state index in [9.17, 15) is 4.79 Å². The summed E-state index contributed by atoms with van der Waals surface area (Å²) < 4.78 is 0. The van der Waals surface area contributed by atoms with Crippen molar-refractivity contribution in [3.8, 4) is 0 Å². The molecule has 3 nitrogen and oxygen atoms in total. The molecule has 2 aromatic rings. The van der Waals surface area contributed by atoms with Gasteiger partial charge in [-0.1, -0.05) is 60.7 Å². The highest BCUT2D eigenvalue weighted by Gasteiger charge is 2.29. The van der Waals surface area contributed by atoms with E-state index in [1.54, 1.807) is 6.92 Å². The van der Waals surface area contributed by atoms with Crippen molar-refractivity contribution in [1.29, 1.82) is 0 Å². The van der Waals surface area contributed by atoms with Gasteiger partial charge in [-0.15, -0.1) is 0 Å². The molecule has 1 aliphatic rings. The fourth-order valence-corrected chi connectivity index (χ4v) is 2.89. The molecule has 0 amide bonds. The summed E-state index contributed by atoms with van der Waals surface area (Å²) in [6.07, 6.45) is 0. The van der Waals surface area contributed by atoms with Crippen molar-refractivity contribution in [3.63, 3.8) is 0 Å².